The van der Waals surface area contributed by atoms with Gasteiger partial charge >= 0.3 is 0 Å². The lowest BCUT2D eigenvalue weighted by atomic mass is 9.95. The number of carbonyl (C=O) groups is 2. The number of aliphatic hydroxyl groups excluding tert-OH is 1. The first-order valence-corrected chi connectivity index (χ1v) is 12.4. The molecule has 1 unspecified atom stereocenters. The van der Waals surface area contributed by atoms with Crippen LogP contribution in [0.1, 0.15) is 39.7 Å². The molecule has 9 nitrogen and oxygen atoms in total. The van der Waals surface area contributed by atoms with Gasteiger partial charge in [-0.3, -0.25) is 14.5 Å². The molecule has 1 aliphatic heterocycles. The van der Waals surface area contributed by atoms with Gasteiger partial charge in [0.1, 0.15) is 11.6 Å². The van der Waals surface area contributed by atoms with Crippen molar-refractivity contribution in [3.05, 3.63) is 100 Å². The largest absolute Gasteiger partial charge is 0.503 e. The lowest BCUT2D eigenvalue weighted by molar-refractivity contribution is -0.117. The van der Waals surface area contributed by atoms with E-state index in [0.29, 0.717) is 35.3 Å². The minimum atomic E-state index is -0.986. The molecule has 0 fully saturated rings. The van der Waals surface area contributed by atoms with Gasteiger partial charge in [-0.2, -0.15) is 0 Å². The van der Waals surface area contributed by atoms with Crippen LogP contribution in [-0.4, -0.2) is 33.6 Å². The third-order valence-corrected chi connectivity index (χ3v) is 6.58. The van der Waals surface area contributed by atoms with E-state index in [4.69, 9.17) is 13.9 Å². The molecule has 2 aromatic heterocycles. The molecule has 0 aliphatic carbocycles. The maximum absolute atomic E-state index is 13.4. The van der Waals surface area contributed by atoms with E-state index in [0.717, 1.165) is 5.56 Å². The van der Waals surface area contributed by atoms with Gasteiger partial charge in [-0.15, -0.1) is 10.2 Å². The van der Waals surface area contributed by atoms with Crippen molar-refractivity contribution in [3.8, 4) is 11.5 Å². The lowest BCUT2D eigenvalue weighted by Gasteiger charge is -2.25. The summed E-state index contributed by atoms with van der Waals surface area (Å²) in [7, 11) is 0. The topological polar surface area (TPSA) is 115 Å². The van der Waals surface area contributed by atoms with E-state index < -0.39 is 23.5 Å². The Labute approximate surface area is 216 Å². The van der Waals surface area contributed by atoms with Crippen LogP contribution in [0, 0.1) is 6.92 Å². The van der Waals surface area contributed by atoms with Gasteiger partial charge in [-0.1, -0.05) is 47.7 Å². The summed E-state index contributed by atoms with van der Waals surface area (Å²) in [5.41, 5.74) is 1.40. The number of benzene rings is 2. The molecule has 0 saturated heterocycles. The minimum absolute atomic E-state index is 0.00231. The number of furan rings is 1. The number of anilines is 1. The van der Waals surface area contributed by atoms with Crippen LogP contribution in [0.5, 0.6) is 11.5 Å². The lowest BCUT2D eigenvalue weighted by Crippen LogP contribution is -2.31. The number of rotatable bonds is 9. The zero-order valence-corrected chi connectivity index (χ0v) is 20.9. The van der Waals surface area contributed by atoms with Gasteiger partial charge in [0.05, 0.1) is 24.5 Å². The van der Waals surface area contributed by atoms with E-state index in [-0.39, 0.29) is 16.5 Å². The van der Waals surface area contributed by atoms with Crippen LogP contribution in [-0.2, 0) is 11.4 Å². The first-order chi connectivity index (χ1) is 18.0. The van der Waals surface area contributed by atoms with E-state index in [1.54, 1.807) is 31.2 Å². The number of hydrogen-bond donors (Lipinski definition) is 1. The quantitative estimate of drug-likeness (QED) is 0.301. The second-order valence-corrected chi connectivity index (χ2v) is 9.32. The molecule has 1 aliphatic rings. The van der Waals surface area contributed by atoms with Crippen molar-refractivity contribution in [2.24, 2.45) is 0 Å². The molecule has 0 saturated carbocycles. The second kappa shape index (κ2) is 10.3. The van der Waals surface area contributed by atoms with Crippen LogP contribution in [0.25, 0.3) is 0 Å². The molecule has 1 atom stereocenters. The van der Waals surface area contributed by atoms with Gasteiger partial charge in [-0.05, 0) is 49.2 Å². The van der Waals surface area contributed by atoms with E-state index in [1.807, 2.05) is 37.3 Å². The molecular formula is C27H23N3O6S. The second-order valence-electron chi connectivity index (χ2n) is 8.16. The van der Waals surface area contributed by atoms with Gasteiger partial charge in [-0.25, -0.2) is 0 Å². The highest BCUT2D eigenvalue weighted by atomic mass is 32.1. The van der Waals surface area contributed by atoms with Crippen molar-refractivity contribution in [2.45, 2.75) is 26.5 Å². The Kier molecular flexibility index (Phi) is 6.74. The maximum atomic E-state index is 13.4. The Morgan fingerprint density at radius 2 is 1.89 bits per heavy atom. The monoisotopic (exact) mass is 517 g/mol. The summed E-state index contributed by atoms with van der Waals surface area (Å²) < 4.78 is 17.2. The van der Waals surface area contributed by atoms with Crippen molar-refractivity contribution < 1.29 is 28.6 Å². The highest BCUT2D eigenvalue weighted by Gasteiger charge is 2.46. The average Bonchev–Trinajstić information content (AvgIpc) is 3.65. The zero-order chi connectivity index (χ0) is 25.9. The van der Waals surface area contributed by atoms with Crippen LogP contribution in [0.4, 0.5) is 5.13 Å². The molecule has 3 heterocycles. The summed E-state index contributed by atoms with van der Waals surface area (Å²) in [5.74, 6) is -1.08. The summed E-state index contributed by atoms with van der Waals surface area (Å²) in [6, 6.07) is 16.9. The van der Waals surface area contributed by atoms with Crippen molar-refractivity contribution >= 4 is 28.2 Å². The van der Waals surface area contributed by atoms with Crippen molar-refractivity contribution in [3.63, 3.8) is 0 Å². The molecule has 10 heteroatoms. The van der Waals surface area contributed by atoms with Crippen LogP contribution >= 0.6 is 11.3 Å². The first-order valence-electron chi connectivity index (χ1n) is 11.6. The van der Waals surface area contributed by atoms with E-state index in [9.17, 15) is 14.7 Å². The zero-order valence-electron chi connectivity index (χ0n) is 20.1. The summed E-state index contributed by atoms with van der Waals surface area (Å²) in [6.45, 7) is 4.31. The van der Waals surface area contributed by atoms with Crippen molar-refractivity contribution in [1.29, 1.82) is 0 Å². The number of ketones is 1. The van der Waals surface area contributed by atoms with Gasteiger partial charge in [0.15, 0.2) is 23.0 Å². The fourth-order valence-electron chi connectivity index (χ4n) is 4.09. The highest BCUT2D eigenvalue weighted by Crippen LogP contribution is 2.44. The number of amides is 1. The molecular weight excluding hydrogens is 494 g/mol. The molecule has 1 amide bonds. The predicted molar refractivity (Wildman–Crippen MR) is 136 cm³/mol. The number of Topliss-reactive ketones (excluding diaryl/α,β-unsaturated/α-hetero) is 1. The Balaban J connectivity index is 1.57. The number of aliphatic hydroxyl groups is 1. The maximum Gasteiger partial charge on any atom is 0.296 e. The number of nitrogens with zero attached hydrogens (tertiary/aromatic N) is 3. The number of aromatic nitrogens is 2. The molecule has 4 aromatic rings. The standard InChI is InChI=1S/C27H23N3O6S/c1-3-34-21-14-18(11-12-19(21)36-15-17-8-5-4-6-9-17)23-22(24(31)20-10-7-13-35-20)25(32)26(33)30(23)27-29-28-16(2)37-27/h4-14,23,32H,3,15H2,1-2H3. The van der Waals surface area contributed by atoms with Crippen LogP contribution in [0.3, 0.4) is 0 Å². The van der Waals surface area contributed by atoms with Gasteiger partial charge in [0.25, 0.3) is 5.91 Å². The van der Waals surface area contributed by atoms with Crippen molar-refractivity contribution in [1.82, 2.24) is 10.2 Å². The third-order valence-electron chi connectivity index (χ3n) is 5.74. The summed E-state index contributed by atoms with van der Waals surface area (Å²) in [5, 5.41) is 19.9. The summed E-state index contributed by atoms with van der Waals surface area (Å²) >= 11 is 1.18. The number of hydrogen-bond acceptors (Lipinski definition) is 9. The summed E-state index contributed by atoms with van der Waals surface area (Å²) in [6.07, 6.45) is 1.36. The molecule has 2 aromatic carbocycles. The molecule has 37 heavy (non-hydrogen) atoms. The first kappa shape index (κ1) is 24.3. The molecule has 5 rings (SSSR count). The molecule has 0 spiro atoms. The van der Waals surface area contributed by atoms with E-state index in [2.05, 4.69) is 10.2 Å². The Morgan fingerprint density at radius 3 is 2.57 bits per heavy atom. The SMILES string of the molecule is CCOc1cc(C2C(C(=O)c3ccco3)=C(O)C(=O)N2c2nnc(C)s2)ccc1OCc1ccccc1. The Hall–Kier alpha value is -4.44. The number of carbonyl (C=O) groups excluding carboxylic acids is 2. The minimum Gasteiger partial charge on any atom is -0.503 e. The van der Waals surface area contributed by atoms with Crippen LogP contribution in [0.2, 0.25) is 0 Å². The normalized spacial score (nSPS) is 15.4. The van der Waals surface area contributed by atoms with Gasteiger partial charge in [0.2, 0.25) is 10.9 Å². The number of aryl methyl sites for hydroxylation is 1. The molecule has 1 N–H and O–H groups in total. The van der Waals surface area contributed by atoms with Crippen molar-refractivity contribution in [2.75, 3.05) is 11.5 Å². The summed E-state index contributed by atoms with van der Waals surface area (Å²) in [4.78, 5) is 27.9. The molecule has 188 valence electrons. The number of ether oxygens (including phenoxy) is 2. The Bertz CT molecular complexity index is 1460. The average molecular weight is 518 g/mol. The predicted octanol–water partition coefficient (Wildman–Crippen LogP) is 5.20. The van der Waals surface area contributed by atoms with Gasteiger partial charge < -0.3 is 19.0 Å². The fraction of sp³-hybridized carbons (Fsp3) is 0.185. The third kappa shape index (κ3) is 4.70. The Morgan fingerprint density at radius 1 is 1.08 bits per heavy atom. The molecule has 0 bridgehead atoms. The fourth-order valence-corrected chi connectivity index (χ4v) is 4.81. The van der Waals surface area contributed by atoms with Crippen LogP contribution in [0.15, 0.2) is 82.7 Å². The van der Waals surface area contributed by atoms with E-state index in [1.165, 1.54) is 28.6 Å². The van der Waals surface area contributed by atoms with Gasteiger partial charge in [0, 0.05) is 0 Å². The smallest absolute Gasteiger partial charge is 0.296 e. The highest BCUT2D eigenvalue weighted by molar-refractivity contribution is 7.15. The van der Waals surface area contributed by atoms with Crippen LogP contribution < -0.4 is 14.4 Å². The molecule has 0 radical (unpaired) electrons. The van der Waals surface area contributed by atoms with E-state index >= 15 is 0 Å².